The van der Waals surface area contributed by atoms with Crippen molar-refractivity contribution in [2.75, 3.05) is 11.9 Å². The summed E-state index contributed by atoms with van der Waals surface area (Å²) in [5.74, 6) is 0.190. The average Bonchev–Trinajstić information content (AvgIpc) is 2.53. The van der Waals surface area contributed by atoms with E-state index in [0.717, 1.165) is 17.7 Å². The fraction of sp³-hybridized carbons (Fsp3) is 0.533. The third-order valence-electron chi connectivity index (χ3n) is 3.38. The van der Waals surface area contributed by atoms with Gasteiger partial charge in [0, 0.05) is 24.8 Å². The van der Waals surface area contributed by atoms with Crippen molar-refractivity contribution in [3.63, 3.8) is 0 Å². The lowest BCUT2D eigenvalue weighted by Gasteiger charge is -2.17. The molecule has 0 bridgehead atoms. The normalized spacial score (nSPS) is 16.3. The molecule has 0 saturated heterocycles. The first-order valence-electron chi connectivity index (χ1n) is 6.61. The van der Waals surface area contributed by atoms with Crippen LogP contribution in [0.15, 0.2) is 18.2 Å². The minimum Gasteiger partial charge on any atom is -0.315 e. The highest BCUT2D eigenvalue weighted by Crippen LogP contribution is 2.28. The lowest BCUT2D eigenvalue weighted by Crippen LogP contribution is -2.33. The second-order valence-electron chi connectivity index (χ2n) is 5.52. The molecule has 3 nitrogen and oxygen atoms in total. The van der Waals surface area contributed by atoms with Gasteiger partial charge in [-0.3, -0.25) is 4.79 Å². The number of rotatable bonds is 4. The van der Waals surface area contributed by atoms with Crippen LogP contribution in [-0.4, -0.2) is 25.0 Å². The van der Waals surface area contributed by atoms with Gasteiger partial charge in [0.15, 0.2) is 0 Å². The number of anilines is 1. The molecule has 1 aliphatic rings. The quantitative estimate of drug-likeness (QED) is 0.882. The standard InChI is InChI=1S/C15H22N2O/c1-10(2)16-11(3)7-12-5-6-14-13(8-12)9-15(18)17(14)4/h5-6,8,10-11,16H,7,9H2,1-4H3. The van der Waals surface area contributed by atoms with Crippen LogP contribution in [-0.2, 0) is 17.6 Å². The molecule has 0 spiro atoms. The second-order valence-corrected chi connectivity index (χ2v) is 5.52. The maximum atomic E-state index is 11.6. The van der Waals surface area contributed by atoms with Gasteiger partial charge in [-0.2, -0.15) is 0 Å². The number of benzene rings is 1. The average molecular weight is 246 g/mol. The SMILES string of the molecule is CC(C)NC(C)Cc1ccc2c(c1)CC(=O)N2C. The van der Waals surface area contributed by atoms with E-state index in [0.29, 0.717) is 18.5 Å². The lowest BCUT2D eigenvalue weighted by atomic mass is 10.0. The monoisotopic (exact) mass is 246 g/mol. The molecule has 1 aliphatic heterocycles. The van der Waals surface area contributed by atoms with E-state index >= 15 is 0 Å². The minimum atomic E-state index is 0.190. The number of carbonyl (C=O) groups excluding carboxylic acids is 1. The second kappa shape index (κ2) is 5.11. The van der Waals surface area contributed by atoms with Crippen LogP contribution in [0.2, 0.25) is 0 Å². The summed E-state index contributed by atoms with van der Waals surface area (Å²) in [7, 11) is 1.84. The van der Waals surface area contributed by atoms with Gasteiger partial charge in [-0.25, -0.2) is 0 Å². The van der Waals surface area contributed by atoms with E-state index < -0.39 is 0 Å². The molecule has 0 saturated carbocycles. The molecule has 1 unspecified atom stereocenters. The zero-order valence-corrected chi connectivity index (χ0v) is 11.7. The van der Waals surface area contributed by atoms with Crippen molar-refractivity contribution < 1.29 is 4.79 Å². The van der Waals surface area contributed by atoms with Crippen molar-refractivity contribution in [1.82, 2.24) is 5.32 Å². The van der Waals surface area contributed by atoms with E-state index in [1.54, 1.807) is 4.90 Å². The van der Waals surface area contributed by atoms with E-state index in [2.05, 4.69) is 44.3 Å². The van der Waals surface area contributed by atoms with Gasteiger partial charge in [-0.1, -0.05) is 26.0 Å². The molecular weight excluding hydrogens is 224 g/mol. The number of fused-ring (bicyclic) bond motifs is 1. The number of nitrogens with zero attached hydrogens (tertiary/aromatic N) is 1. The number of amides is 1. The number of carbonyl (C=O) groups is 1. The predicted molar refractivity (Wildman–Crippen MR) is 75.0 cm³/mol. The van der Waals surface area contributed by atoms with Crippen molar-refractivity contribution in [1.29, 1.82) is 0 Å². The van der Waals surface area contributed by atoms with Gasteiger partial charge < -0.3 is 10.2 Å². The van der Waals surface area contributed by atoms with Crippen LogP contribution < -0.4 is 10.2 Å². The zero-order chi connectivity index (χ0) is 13.3. The van der Waals surface area contributed by atoms with E-state index in [9.17, 15) is 4.79 Å². The van der Waals surface area contributed by atoms with Crippen molar-refractivity contribution in [2.24, 2.45) is 0 Å². The van der Waals surface area contributed by atoms with Crippen molar-refractivity contribution in [3.05, 3.63) is 29.3 Å². The third kappa shape index (κ3) is 2.72. The maximum absolute atomic E-state index is 11.6. The van der Waals surface area contributed by atoms with Gasteiger partial charge in [0.1, 0.15) is 0 Å². The molecule has 18 heavy (non-hydrogen) atoms. The van der Waals surface area contributed by atoms with Crippen LogP contribution in [0.3, 0.4) is 0 Å². The summed E-state index contributed by atoms with van der Waals surface area (Å²) in [5.41, 5.74) is 3.53. The molecule has 1 aromatic rings. The summed E-state index contributed by atoms with van der Waals surface area (Å²) < 4.78 is 0. The summed E-state index contributed by atoms with van der Waals surface area (Å²) in [4.78, 5) is 13.4. The number of hydrogen-bond acceptors (Lipinski definition) is 2. The first kappa shape index (κ1) is 13.1. The summed E-state index contributed by atoms with van der Waals surface area (Å²) in [5, 5.41) is 3.50. The topological polar surface area (TPSA) is 32.3 Å². The fourth-order valence-corrected chi connectivity index (χ4v) is 2.63. The molecular formula is C15H22N2O. The largest absolute Gasteiger partial charge is 0.315 e. The molecule has 1 aromatic carbocycles. The Bertz CT molecular complexity index is 454. The maximum Gasteiger partial charge on any atom is 0.231 e. The van der Waals surface area contributed by atoms with Crippen LogP contribution in [0.5, 0.6) is 0 Å². The molecule has 1 atom stereocenters. The van der Waals surface area contributed by atoms with Crippen molar-refractivity contribution >= 4 is 11.6 Å². The molecule has 0 aromatic heterocycles. The Morgan fingerprint density at radius 3 is 2.72 bits per heavy atom. The van der Waals surface area contributed by atoms with E-state index in [-0.39, 0.29) is 5.91 Å². The summed E-state index contributed by atoms with van der Waals surface area (Å²) >= 11 is 0. The van der Waals surface area contributed by atoms with Crippen LogP contribution in [0.25, 0.3) is 0 Å². The summed E-state index contributed by atoms with van der Waals surface area (Å²) in [6.07, 6.45) is 1.55. The van der Waals surface area contributed by atoms with Gasteiger partial charge in [0.05, 0.1) is 6.42 Å². The molecule has 1 amide bonds. The zero-order valence-electron chi connectivity index (χ0n) is 11.7. The number of hydrogen-bond donors (Lipinski definition) is 1. The summed E-state index contributed by atoms with van der Waals surface area (Å²) in [6.45, 7) is 6.52. The molecule has 0 fully saturated rings. The lowest BCUT2D eigenvalue weighted by molar-refractivity contribution is -0.117. The Morgan fingerprint density at radius 2 is 2.06 bits per heavy atom. The first-order valence-corrected chi connectivity index (χ1v) is 6.61. The fourth-order valence-electron chi connectivity index (χ4n) is 2.63. The first-order chi connectivity index (χ1) is 8.47. The van der Waals surface area contributed by atoms with Crippen LogP contribution >= 0.6 is 0 Å². The highest BCUT2D eigenvalue weighted by Gasteiger charge is 2.23. The number of likely N-dealkylation sites (N-methyl/N-ethyl adjacent to an activating group) is 1. The predicted octanol–water partition coefficient (Wildman–Crippen LogP) is 2.13. The van der Waals surface area contributed by atoms with Crippen molar-refractivity contribution in [3.8, 4) is 0 Å². The van der Waals surface area contributed by atoms with Crippen LogP contribution in [0.1, 0.15) is 31.9 Å². The smallest absolute Gasteiger partial charge is 0.231 e. The highest BCUT2D eigenvalue weighted by molar-refractivity contribution is 6.00. The molecule has 1 N–H and O–H groups in total. The van der Waals surface area contributed by atoms with E-state index in [1.807, 2.05) is 7.05 Å². The third-order valence-corrected chi connectivity index (χ3v) is 3.38. The van der Waals surface area contributed by atoms with Crippen LogP contribution in [0.4, 0.5) is 5.69 Å². The Hall–Kier alpha value is -1.35. The van der Waals surface area contributed by atoms with Gasteiger partial charge in [0.25, 0.3) is 0 Å². The molecule has 0 aliphatic carbocycles. The molecule has 0 radical (unpaired) electrons. The van der Waals surface area contributed by atoms with Gasteiger partial charge in [0.2, 0.25) is 5.91 Å². The molecule has 3 heteroatoms. The molecule has 1 heterocycles. The Balaban J connectivity index is 2.09. The Morgan fingerprint density at radius 1 is 1.33 bits per heavy atom. The van der Waals surface area contributed by atoms with Crippen LogP contribution in [0, 0.1) is 0 Å². The molecule has 2 rings (SSSR count). The molecule has 98 valence electrons. The Labute approximate surface area is 109 Å². The van der Waals surface area contributed by atoms with Gasteiger partial charge >= 0.3 is 0 Å². The van der Waals surface area contributed by atoms with E-state index in [1.165, 1.54) is 5.56 Å². The summed E-state index contributed by atoms with van der Waals surface area (Å²) in [6, 6.07) is 7.33. The van der Waals surface area contributed by atoms with Gasteiger partial charge in [-0.15, -0.1) is 0 Å². The van der Waals surface area contributed by atoms with E-state index in [4.69, 9.17) is 0 Å². The van der Waals surface area contributed by atoms with Crippen molar-refractivity contribution in [2.45, 2.75) is 45.7 Å². The van der Waals surface area contributed by atoms with Gasteiger partial charge in [-0.05, 0) is 30.5 Å². The highest BCUT2D eigenvalue weighted by atomic mass is 16.2. The Kier molecular flexibility index (Phi) is 3.71. The number of nitrogens with one attached hydrogen (secondary N) is 1. The minimum absolute atomic E-state index is 0.190.